The Bertz CT molecular complexity index is 495. The predicted molar refractivity (Wildman–Crippen MR) is 82.1 cm³/mol. The Morgan fingerprint density at radius 2 is 2.30 bits per heavy atom. The number of hydrogen-bond donors (Lipinski definition) is 1. The van der Waals surface area contributed by atoms with E-state index in [1.807, 2.05) is 0 Å². The van der Waals surface area contributed by atoms with Crippen LogP contribution in [0, 0.1) is 11.7 Å². The van der Waals surface area contributed by atoms with Crippen LogP contribution in [-0.2, 0) is 11.3 Å². The average molecular weight is 296 g/mol. The second-order valence-corrected chi connectivity index (χ2v) is 5.89. The van der Waals surface area contributed by atoms with Gasteiger partial charge in [0.05, 0.1) is 6.10 Å². The number of nitrogens with two attached hydrogens (primary N) is 1. The quantitative estimate of drug-likeness (QED) is 0.866. The molecule has 0 saturated carbocycles. The molecule has 5 heteroatoms. The first kappa shape index (κ1) is 15.4. The number of halogens is 1. The van der Waals surface area contributed by atoms with E-state index < -0.39 is 0 Å². The maximum atomic E-state index is 13.6. The largest absolute Gasteiger partial charge is 0.389 e. The fourth-order valence-corrected chi connectivity index (χ4v) is 2.82. The van der Waals surface area contributed by atoms with Crippen molar-refractivity contribution in [2.75, 3.05) is 20.2 Å². The summed E-state index contributed by atoms with van der Waals surface area (Å²) in [5, 5.41) is 0. The van der Waals surface area contributed by atoms with Gasteiger partial charge in [-0.25, -0.2) is 4.39 Å². The Balaban J connectivity index is 2.07. The van der Waals surface area contributed by atoms with Crippen molar-refractivity contribution >= 4 is 17.2 Å². The lowest BCUT2D eigenvalue weighted by Crippen LogP contribution is -2.43. The fourth-order valence-electron chi connectivity index (χ4n) is 2.67. The van der Waals surface area contributed by atoms with Crippen molar-refractivity contribution in [1.82, 2.24) is 4.90 Å². The van der Waals surface area contributed by atoms with Gasteiger partial charge in [-0.05, 0) is 36.6 Å². The lowest BCUT2D eigenvalue weighted by Gasteiger charge is -2.36. The molecule has 0 amide bonds. The molecule has 1 aromatic carbocycles. The molecule has 1 aromatic rings. The number of piperidine rings is 1. The third kappa shape index (κ3) is 3.53. The molecule has 1 aliphatic heterocycles. The summed E-state index contributed by atoms with van der Waals surface area (Å²) in [6.07, 6.45) is 1.38. The summed E-state index contributed by atoms with van der Waals surface area (Å²) in [4.78, 5) is 2.43. The summed E-state index contributed by atoms with van der Waals surface area (Å²) < 4.78 is 19.1. The second kappa shape index (κ2) is 6.61. The van der Waals surface area contributed by atoms with Crippen LogP contribution in [0.1, 0.15) is 24.5 Å². The Morgan fingerprint density at radius 3 is 2.95 bits per heavy atom. The van der Waals surface area contributed by atoms with Crippen LogP contribution in [0.4, 0.5) is 4.39 Å². The zero-order valence-electron chi connectivity index (χ0n) is 11.9. The lowest BCUT2D eigenvalue weighted by atomic mass is 9.95. The van der Waals surface area contributed by atoms with Crippen molar-refractivity contribution in [2.45, 2.75) is 26.0 Å². The van der Waals surface area contributed by atoms with Crippen LogP contribution in [0.3, 0.4) is 0 Å². The number of methoxy groups -OCH3 is 1. The van der Waals surface area contributed by atoms with Crippen molar-refractivity contribution < 1.29 is 9.13 Å². The van der Waals surface area contributed by atoms with E-state index in [0.29, 0.717) is 11.5 Å². The molecule has 3 nitrogen and oxygen atoms in total. The van der Waals surface area contributed by atoms with E-state index in [-0.39, 0.29) is 16.9 Å². The Hall–Kier alpha value is -1.04. The number of likely N-dealkylation sites (tertiary alicyclic amines) is 1. The molecule has 2 rings (SSSR count). The van der Waals surface area contributed by atoms with Gasteiger partial charge in [0.1, 0.15) is 10.8 Å². The molecular weight excluding hydrogens is 275 g/mol. The molecule has 1 fully saturated rings. The molecule has 110 valence electrons. The first-order valence-corrected chi connectivity index (χ1v) is 7.25. The summed E-state index contributed by atoms with van der Waals surface area (Å²) in [6.45, 7) is 4.91. The first-order chi connectivity index (χ1) is 9.51. The highest BCUT2D eigenvalue weighted by Gasteiger charge is 2.25. The van der Waals surface area contributed by atoms with Gasteiger partial charge in [0.15, 0.2) is 0 Å². The smallest absolute Gasteiger partial charge is 0.133 e. The molecule has 2 unspecified atom stereocenters. The zero-order chi connectivity index (χ0) is 14.7. The summed E-state index contributed by atoms with van der Waals surface area (Å²) in [7, 11) is 1.76. The molecule has 1 saturated heterocycles. The van der Waals surface area contributed by atoms with Gasteiger partial charge < -0.3 is 10.5 Å². The molecule has 20 heavy (non-hydrogen) atoms. The zero-order valence-corrected chi connectivity index (χ0v) is 12.8. The Labute approximate surface area is 124 Å². The third-order valence-corrected chi connectivity index (χ3v) is 4.20. The van der Waals surface area contributed by atoms with E-state index in [1.54, 1.807) is 19.2 Å². The number of hydrogen-bond acceptors (Lipinski definition) is 3. The van der Waals surface area contributed by atoms with E-state index in [9.17, 15) is 4.39 Å². The number of benzene rings is 1. The van der Waals surface area contributed by atoms with Gasteiger partial charge in [-0.3, -0.25) is 4.90 Å². The third-order valence-electron chi connectivity index (χ3n) is 3.98. The highest BCUT2D eigenvalue weighted by Crippen LogP contribution is 2.21. The van der Waals surface area contributed by atoms with Crippen molar-refractivity contribution in [1.29, 1.82) is 0 Å². The molecule has 1 aliphatic rings. The highest BCUT2D eigenvalue weighted by molar-refractivity contribution is 7.80. The Kier molecular flexibility index (Phi) is 5.07. The van der Waals surface area contributed by atoms with Gasteiger partial charge in [0, 0.05) is 25.8 Å². The van der Waals surface area contributed by atoms with Gasteiger partial charge in [0.25, 0.3) is 0 Å². The van der Waals surface area contributed by atoms with Crippen LogP contribution in [0.15, 0.2) is 18.2 Å². The van der Waals surface area contributed by atoms with Gasteiger partial charge >= 0.3 is 0 Å². The van der Waals surface area contributed by atoms with E-state index in [4.69, 9.17) is 22.7 Å². The van der Waals surface area contributed by atoms with Gasteiger partial charge in [0.2, 0.25) is 0 Å². The number of rotatable bonds is 4. The summed E-state index contributed by atoms with van der Waals surface area (Å²) >= 11 is 4.87. The predicted octanol–water partition coefficient (Wildman–Crippen LogP) is 2.32. The minimum absolute atomic E-state index is 0.103. The first-order valence-electron chi connectivity index (χ1n) is 6.84. The molecular formula is C15H21FN2OS. The summed E-state index contributed by atoms with van der Waals surface area (Å²) in [5.74, 6) is 0.222. The van der Waals surface area contributed by atoms with E-state index in [0.717, 1.165) is 31.6 Å². The number of nitrogens with zero attached hydrogens (tertiary/aromatic N) is 1. The van der Waals surface area contributed by atoms with E-state index in [1.165, 1.54) is 6.07 Å². The maximum absolute atomic E-state index is 13.6. The molecule has 2 atom stereocenters. The standard InChI is InChI=1S/C15H21FN2OS/c1-10-5-6-18(9-14(10)19-2)8-11-3-4-13(16)12(7-11)15(17)20/h3-4,7,10,14H,5-6,8-9H2,1-2H3,(H2,17,20). The fraction of sp³-hybridized carbons (Fsp3) is 0.533. The molecule has 0 radical (unpaired) electrons. The van der Waals surface area contributed by atoms with Crippen molar-refractivity contribution in [3.63, 3.8) is 0 Å². The highest BCUT2D eigenvalue weighted by atomic mass is 32.1. The van der Waals surface area contributed by atoms with Gasteiger partial charge in [-0.2, -0.15) is 0 Å². The molecule has 0 spiro atoms. The molecule has 2 N–H and O–H groups in total. The van der Waals surface area contributed by atoms with Gasteiger partial charge in [-0.1, -0.05) is 25.2 Å². The van der Waals surface area contributed by atoms with Gasteiger partial charge in [-0.15, -0.1) is 0 Å². The summed E-state index contributed by atoms with van der Waals surface area (Å²) in [5.41, 5.74) is 6.89. The SMILES string of the molecule is COC1CN(Cc2ccc(F)c(C(N)=S)c2)CCC1C. The monoisotopic (exact) mass is 296 g/mol. The van der Waals surface area contributed by atoms with Crippen LogP contribution >= 0.6 is 12.2 Å². The van der Waals surface area contributed by atoms with Crippen LogP contribution in [0.25, 0.3) is 0 Å². The van der Waals surface area contributed by atoms with Crippen molar-refractivity contribution in [2.24, 2.45) is 11.7 Å². The van der Waals surface area contributed by atoms with E-state index >= 15 is 0 Å². The van der Waals surface area contributed by atoms with Crippen LogP contribution in [0.2, 0.25) is 0 Å². The minimum Gasteiger partial charge on any atom is -0.389 e. The number of thiocarbonyl (C=S) groups is 1. The average Bonchev–Trinajstić information content (AvgIpc) is 2.42. The molecule has 0 bridgehead atoms. The van der Waals surface area contributed by atoms with Crippen molar-refractivity contribution in [3.05, 3.63) is 35.1 Å². The normalized spacial score (nSPS) is 23.8. The number of ether oxygens (including phenoxy) is 1. The van der Waals surface area contributed by atoms with E-state index in [2.05, 4.69) is 11.8 Å². The van der Waals surface area contributed by atoms with Crippen LogP contribution in [-0.4, -0.2) is 36.2 Å². The topological polar surface area (TPSA) is 38.5 Å². The molecule has 0 aliphatic carbocycles. The lowest BCUT2D eigenvalue weighted by molar-refractivity contribution is -0.00745. The Morgan fingerprint density at radius 1 is 1.55 bits per heavy atom. The summed E-state index contributed by atoms with van der Waals surface area (Å²) in [6, 6.07) is 4.97. The van der Waals surface area contributed by atoms with Crippen molar-refractivity contribution in [3.8, 4) is 0 Å². The minimum atomic E-state index is -0.358. The molecule has 1 heterocycles. The van der Waals surface area contributed by atoms with Crippen LogP contribution in [0.5, 0.6) is 0 Å². The maximum Gasteiger partial charge on any atom is 0.133 e. The molecule has 0 aromatic heterocycles. The second-order valence-electron chi connectivity index (χ2n) is 5.45. The van der Waals surface area contributed by atoms with Crippen LogP contribution < -0.4 is 5.73 Å².